The maximum atomic E-state index is 12.0. The van der Waals surface area contributed by atoms with Crippen molar-refractivity contribution >= 4 is 39.2 Å². The summed E-state index contributed by atoms with van der Waals surface area (Å²) >= 11 is 8.40. The van der Waals surface area contributed by atoms with Crippen molar-refractivity contribution in [3.05, 3.63) is 58.3 Å². The quantitative estimate of drug-likeness (QED) is 0.551. The number of hydrogen-bond donors (Lipinski definition) is 2. The first kappa shape index (κ1) is 20.3. The van der Waals surface area contributed by atoms with Crippen molar-refractivity contribution in [2.24, 2.45) is 0 Å². The zero-order chi connectivity index (χ0) is 19.2. The number of hydrogen-bond acceptors (Lipinski definition) is 4. The number of rotatable bonds is 5. The molecule has 0 spiro atoms. The van der Waals surface area contributed by atoms with Crippen LogP contribution in [0.15, 0.2) is 47.2 Å². The van der Waals surface area contributed by atoms with E-state index in [-0.39, 0.29) is 16.4 Å². The molecule has 1 aromatic heterocycles. The molecule has 2 N–H and O–H groups in total. The molecular weight excluding hydrogens is 414 g/mol. The minimum absolute atomic E-state index is 0.119. The van der Waals surface area contributed by atoms with Gasteiger partial charge in [0.15, 0.2) is 5.11 Å². The fourth-order valence-corrected chi connectivity index (χ4v) is 2.70. The SMILES string of the molecule is CC(C)(C)c1ccc(OCCNC(=S)NC(=O)c2cncc(Br)c2)cc1. The molecule has 0 aliphatic rings. The Hall–Kier alpha value is -1.99. The predicted octanol–water partition coefficient (Wildman–Crippen LogP) is 3.82. The summed E-state index contributed by atoms with van der Waals surface area (Å²) in [4.78, 5) is 16.0. The van der Waals surface area contributed by atoms with Gasteiger partial charge in [-0.05, 0) is 57.3 Å². The van der Waals surface area contributed by atoms with Gasteiger partial charge < -0.3 is 10.1 Å². The zero-order valence-corrected chi connectivity index (χ0v) is 17.4. The molecule has 0 atom stereocenters. The Bertz CT molecular complexity index is 773. The molecule has 5 nitrogen and oxygen atoms in total. The van der Waals surface area contributed by atoms with Gasteiger partial charge in [0.05, 0.1) is 12.1 Å². The Morgan fingerprint density at radius 3 is 2.54 bits per heavy atom. The van der Waals surface area contributed by atoms with Crippen LogP contribution in [0.2, 0.25) is 0 Å². The largest absolute Gasteiger partial charge is 0.492 e. The first-order valence-corrected chi connectivity index (χ1v) is 9.39. The topological polar surface area (TPSA) is 63.2 Å². The summed E-state index contributed by atoms with van der Waals surface area (Å²) in [6.45, 7) is 7.44. The summed E-state index contributed by atoms with van der Waals surface area (Å²) in [5, 5.41) is 5.81. The van der Waals surface area contributed by atoms with Crippen LogP contribution in [0.5, 0.6) is 5.75 Å². The normalized spacial score (nSPS) is 10.9. The highest BCUT2D eigenvalue weighted by Gasteiger charge is 2.13. The minimum atomic E-state index is -0.310. The van der Waals surface area contributed by atoms with E-state index >= 15 is 0 Å². The van der Waals surface area contributed by atoms with E-state index < -0.39 is 0 Å². The van der Waals surface area contributed by atoms with Crippen LogP contribution in [-0.4, -0.2) is 29.2 Å². The number of amides is 1. The van der Waals surface area contributed by atoms with Gasteiger partial charge in [0.25, 0.3) is 5.91 Å². The maximum absolute atomic E-state index is 12.0. The Labute approximate surface area is 167 Å². The van der Waals surface area contributed by atoms with Crippen LogP contribution in [0.25, 0.3) is 0 Å². The number of nitrogens with one attached hydrogen (secondary N) is 2. The van der Waals surface area contributed by atoms with Crippen LogP contribution >= 0.6 is 28.1 Å². The summed E-state index contributed by atoms with van der Waals surface area (Å²) in [6, 6.07) is 9.73. The van der Waals surface area contributed by atoms with Gasteiger partial charge >= 0.3 is 0 Å². The molecule has 0 aliphatic heterocycles. The number of halogens is 1. The van der Waals surface area contributed by atoms with Gasteiger partial charge in [-0.25, -0.2) is 0 Å². The van der Waals surface area contributed by atoms with Gasteiger partial charge in [-0.1, -0.05) is 32.9 Å². The predicted molar refractivity (Wildman–Crippen MR) is 111 cm³/mol. The second kappa shape index (κ2) is 9.09. The molecule has 0 fully saturated rings. The fraction of sp³-hybridized carbons (Fsp3) is 0.316. The number of pyridine rings is 1. The van der Waals surface area contributed by atoms with E-state index in [0.717, 1.165) is 10.2 Å². The number of benzene rings is 1. The van der Waals surface area contributed by atoms with Gasteiger partial charge in [-0.3, -0.25) is 15.1 Å². The van der Waals surface area contributed by atoms with Crippen LogP contribution in [0.3, 0.4) is 0 Å². The van der Waals surface area contributed by atoms with Gasteiger partial charge in [-0.15, -0.1) is 0 Å². The number of nitrogens with zero attached hydrogens (tertiary/aromatic N) is 1. The maximum Gasteiger partial charge on any atom is 0.259 e. The molecule has 0 saturated carbocycles. The molecule has 0 aliphatic carbocycles. The molecule has 7 heteroatoms. The van der Waals surface area contributed by atoms with Gasteiger partial charge in [0, 0.05) is 16.9 Å². The molecule has 2 aromatic rings. The van der Waals surface area contributed by atoms with Crippen LogP contribution in [0, 0.1) is 0 Å². The van der Waals surface area contributed by atoms with E-state index in [9.17, 15) is 4.79 Å². The average Bonchev–Trinajstić information content (AvgIpc) is 2.58. The van der Waals surface area contributed by atoms with Crippen molar-refractivity contribution in [1.82, 2.24) is 15.6 Å². The molecule has 138 valence electrons. The molecule has 1 aromatic carbocycles. The smallest absolute Gasteiger partial charge is 0.259 e. The van der Waals surface area contributed by atoms with E-state index in [2.05, 4.69) is 64.5 Å². The minimum Gasteiger partial charge on any atom is -0.492 e. The van der Waals surface area contributed by atoms with Crippen molar-refractivity contribution in [2.75, 3.05) is 13.2 Å². The molecule has 0 radical (unpaired) electrons. The average molecular weight is 436 g/mol. The van der Waals surface area contributed by atoms with E-state index in [0.29, 0.717) is 18.7 Å². The summed E-state index contributed by atoms with van der Waals surface area (Å²) < 4.78 is 6.41. The molecule has 0 bridgehead atoms. The van der Waals surface area contributed by atoms with Crippen molar-refractivity contribution in [3.8, 4) is 5.75 Å². The summed E-state index contributed by atoms with van der Waals surface area (Å²) in [7, 11) is 0. The lowest BCUT2D eigenvalue weighted by molar-refractivity contribution is 0.0976. The second-order valence-electron chi connectivity index (χ2n) is 6.72. The summed E-state index contributed by atoms with van der Waals surface area (Å²) in [5.74, 6) is 0.491. The molecular formula is C19H22BrN3O2S. The lowest BCUT2D eigenvalue weighted by Crippen LogP contribution is -2.40. The van der Waals surface area contributed by atoms with E-state index in [1.807, 2.05) is 12.1 Å². The van der Waals surface area contributed by atoms with Crippen molar-refractivity contribution in [1.29, 1.82) is 0 Å². The highest BCUT2D eigenvalue weighted by Crippen LogP contribution is 2.24. The number of carbonyl (C=O) groups excluding carboxylic acids is 1. The van der Waals surface area contributed by atoms with Crippen molar-refractivity contribution < 1.29 is 9.53 Å². The summed E-state index contributed by atoms with van der Waals surface area (Å²) in [6.07, 6.45) is 3.09. The Morgan fingerprint density at radius 1 is 1.23 bits per heavy atom. The zero-order valence-electron chi connectivity index (χ0n) is 15.0. The highest BCUT2D eigenvalue weighted by molar-refractivity contribution is 9.10. The molecule has 26 heavy (non-hydrogen) atoms. The molecule has 1 amide bonds. The standard InChI is InChI=1S/C19H22BrN3O2S/c1-19(2,3)14-4-6-16(7-5-14)25-9-8-22-18(26)23-17(24)13-10-15(20)12-21-11-13/h4-7,10-12H,8-9H2,1-3H3,(H2,22,23,24,26). The van der Waals surface area contributed by atoms with E-state index in [1.54, 1.807) is 12.3 Å². The Morgan fingerprint density at radius 2 is 1.92 bits per heavy atom. The number of aromatic nitrogens is 1. The second-order valence-corrected chi connectivity index (χ2v) is 8.05. The van der Waals surface area contributed by atoms with E-state index in [1.165, 1.54) is 11.8 Å². The number of carbonyl (C=O) groups is 1. The van der Waals surface area contributed by atoms with Gasteiger partial charge in [0.1, 0.15) is 12.4 Å². The van der Waals surface area contributed by atoms with Gasteiger partial charge in [-0.2, -0.15) is 0 Å². The lowest BCUT2D eigenvalue weighted by atomic mass is 9.87. The van der Waals surface area contributed by atoms with Crippen LogP contribution in [-0.2, 0) is 5.41 Å². The lowest BCUT2D eigenvalue weighted by Gasteiger charge is -2.19. The van der Waals surface area contributed by atoms with Crippen molar-refractivity contribution in [2.45, 2.75) is 26.2 Å². The fourth-order valence-electron chi connectivity index (χ4n) is 2.14. The molecule has 0 unspecified atom stereocenters. The number of ether oxygens (including phenoxy) is 1. The van der Waals surface area contributed by atoms with Crippen molar-refractivity contribution in [3.63, 3.8) is 0 Å². The van der Waals surface area contributed by atoms with E-state index in [4.69, 9.17) is 17.0 Å². The Balaban J connectivity index is 1.72. The Kier molecular flexibility index (Phi) is 7.11. The number of thiocarbonyl (C=S) groups is 1. The summed E-state index contributed by atoms with van der Waals surface area (Å²) in [5.41, 5.74) is 1.81. The molecule has 2 rings (SSSR count). The third kappa shape index (κ3) is 6.38. The monoisotopic (exact) mass is 435 g/mol. The third-order valence-corrected chi connectivity index (χ3v) is 4.25. The molecule has 0 saturated heterocycles. The van der Waals surface area contributed by atoms with Crippen LogP contribution in [0.4, 0.5) is 0 Å². The first-order valence-electron chi connectivity index (χ1n) is 8.19. The first-order chi connectivity index (χ1) is 12.3. The van der Waals surface area contributed by atoms with Crippen LogP contribution < -0.4 is 15.4 Å². The molecule has 1 heterocycles. The van der Waals surface area contributed by atoms with Gasteiger partial charge in [0.2, 0.25) is 0 Å². The van der Waals surface area contributed by atoms with Crippen LogP contribution in [0.1, 0.15) is 36.7 Å². The third-order valence-electron chi connectivity index (χ3n) is 3.57. The highest BCUT2D eigenvalue weighted by atomic mass is 79.9.